The SMILES string of the molecule is Cc1cccnc1-c1nc(C2CCCN2)no1. The van der Waals surface area contributed by atoms with Gasteiger partial charge in [0.05, 0.1) is 6.04 Å². The van der Waals surface area contributed by atoms with Crippen LogP contribution < -0.4 is 5.32 Å². The fraction of sp³-hybridized carbons (Fsp3) is 0.417. The minimum atomic E-state index is 0.233. The van der Waals surface area contributed by atoms with Crippen molar-refractivity contribution in [1.29, 1.82) is 0 Å². The Labute approximate surface area is 99.3 Å². The summed E-state index contributed by atoms with van der Waals surface area (Å²) in [7, 11) is 0. The van der Waals surface area contributed by atoms with E-state index < -0.39 is 0 Å². The number of nitrogens with zero attached hydrogens (tertiary/aromatic N) is 3. The van der Waals surface area contributed by atoms with E-state index in [9.17, 15) is 0 Å². The van der Waals surface area contributed by atoms with Crippen LogP contribution in [0, 0.1) is 6.92 Å². The molecule has 0 saturated carbocycles. The van der Waals surface area contributed by atoms with Crippen LogP contribution in [0.5, 0.6) is 0 Å². The quantitative estimate of drug-likeness (QED) is 0.853. The van der Waals surface area contributed by atoms with Crippen LogP contribution in [-0.4, -0.2) is 21.7 Å². The molecule has 2 aromatic heterocycles. The molecule has 1 N–H and O–H groups in total. The first-order chi connectivity index (χ1) is 8.34. The van der Waals surface area contributed by atoms with Gasteiger partial charge in [0.15, 0.2) is 5.82 Å². The number of hydrogen-bond acceptors (Lipinski definition) is 5. The summed E-state index contributed by atoms with van der Waals surface area (Å²) in [5.41, 5.74) is 1.81. The van der Waals surface area contributed by atoms with Gasteiger partial charge in [0.1, 0.15) is 5.69 Å². The number of rotatable bonds is 2. The molecule has 5 heteroatoms. The van der Waals surface area contributed by atoms with Gasteiger partial charge in [-0.15, -0.1) is 0 Å². The zero-order valence-electron chi connectivity index (χ0n) is 9.68. The van der Waals surface area contributed by atoms with Crippen LogP contribution in [0.3, 0.4) is 0 Å². The predicted octanol–water partition coefficient (Wildman–Crippen LogP) is 1.86. The molecule has 1 fully saturated rings. The van der Waals surface area contributed by atoms with Gasteiger partial charge < -0.3 is 9.84 Å². The van der Waals surface area contributed by atoms with E-state index in [0.717, 1.165) is 36.5 Å². The van der Waals surface area contributed by atoms with Crippen molar-refractivity contribution < 1.29 is 4.52 Å². The van der Waals surface area contributed by atoms with Crippen LogP contribution in [-0.2, 0) is 0 Å². The van der Waals surface area contributed by atoms with Crippen molar-refractivity contribution in [2.75, 3.05) is 6.54 Å². The molecule has 3 rings (SSSR count). The molecule has 1 aliphatic rings. The summed E-state index contributed by atoms with van der Waals surface area (Å²) in [6.45, 7) is 3.01. The monoisotopic (exact) mass is 230 g/mol. The van der Waals surface area contributed by atoms with Gasteiger partial charge in [-0.2, -0.15) is 4.98 Å². The summed E-state index contributed by atoms with van der Waals surface area (Å²) >= 11 is 0. The molecule has 1 atom stereocenters. The van der Waals surface area contributed by atoms with Gasteiger partial charge in [-0.3, -0.25) is 4.98 Å². The molecule has 0 aromatic carbocycles. The minimum absolute atomic E-state index is 0.233. The molecule has 1 saturated heterocycles. The van der Waals surface area contributed by atoms with Gasteiger partial charge in [-0.1, -0.05) is 11.2 Å². The Balaban J connectivity index is 1.92. The van der Waals surface area contributed by atoms with Gasteiger partial charge in [-0.25, -0.2) is 0 Å². The Kier molecular flexibility index (Phi) is 2.60. The van der Waals surface area contributed by atoms with Gasteiger partial charge >= 0.3 is 0 Å². The van der Waals surface area contributed by atoms with E-state index in [1.165, 1.54) is 0 Å². The second-order valence-corrected chi connectivity index (χ2v) is 4.28. The van der Waals surface area contributed by atoms with E-state index in [4.69, 9.17) is 4.52 Å². The predicted molar refractivity (Wildman–Crippen MR) is 62.2 cm³/mol. The van der Waals surface area contributed by atoms with E-state index in [-0.39, 0.29) is 6.04 Å². The summed E-state index contributed by atoms with van der Waals surface area (Å²) in [6.07, 6.45) is 3.97. The summed E-state index contributed by atoms with van der Waals surface area (Å²) in [5, 5.41) is 7.37. The third kappa shape index (κ3) is 1.93. The Morgan fingerprint density at radius 2 is 2.41 bits per heavy atom. The zero-order valence-corrected chi connectivity index (χ0v) is 9.68. The fourth-order valence-electron chi connectivity index (χ4n) is 2.09. The maximum absolute atomic E-state index is 5.28. The largest absolute Gasteiger partial charge is 0.332 e. The lowest BCUT2D eigenvalue weighted by Gasteiger charge is -2.01. The molecule has 0 spiro atoms. The van der Waals surface area contributed by atoms with Gasteiger partial charge in [-0.05, 0) is 37.9 Å². The normalized spacial score (nSPS) is 19.7. The topological polar surface area (TPSA) is 63.8 Å². The molecule has 88 valence electrons. The van der Waals surface area contributed by atoms with Crippen molar-refractivity contribution in [1.82, 2.24) is 20.4 Å². The minimum Gasteiger partial charge on any atom is -0.332 e. The Bertz CT molecular complexity index is 517. The molecule has 5 nitrogen and oxygen atoms in total. The summed E-state index contributed by atoms with van der Waals surface area (Å²) < 4.78 is 5.28. The van der Waals surface area contributed by atoms with Crippen LogP contribution in [0.15, 0.2) is 22.9 Å². The average molecular weight is 230 g/mol. The lowest BCUT2D eigenvalue weighted by atomic mass is 10.2. The van der Waals surface area contributed by atoms with Crippen molar-refractivity contribution >= 4 is 0 Å². The molecule has 0 aliphatic carbocycles. The second kappa shape index (κ2) is 4.25. The Morgan fingerprint density at radius 1 is 1.47 bits per heavy atom. The third-order valence-corrected chi connectivity index (χ3v) is 3.03. The molecular weight excluding hydrogens is 216 g/mol. The van der Waals surface area contributed by atoms with Crippen LogP contribution in [0.25, 0.3) is 11.6 Å². The first-order valence-corrected chi connectivity index (χ1v) is 5.83. The maximum atomic E-state index is 5.28. The van der Waals surface area contributed by atoms with Crippen molar-refractivity contribution in [3.63, 3.8) is 0 Å². The highest BCUT2D eigenvalue weighted by Gasteiger charge is 2.22. The van der Waals surface area contributed by atoms with Crippen LogP contribution in [0.4, 0.5) is 0 Å². The number of hydrogen-bond donors (Lipinski definition) is 1. The van der Waals surface area contributed by atoms with E-state index >= 15 is 0 Å². The lowest BCUT2D eigenvalue weighted by Crippen LogP contribution is -2.14. The highest BCUT2D eigenvalue weighted by molar-refractivity contribution is 5.51. The van der Waals surface area contributed by atoms with Crippen molar-refractivity contribution in [3.05, 3.63) is 29.7 Å². The highest BCUT2D eigenvalue weighted by atomic mass is 16.5. The molecule has 17 heavy (non-hydrogen) atoms. The molecule has 3 heterocycles. The fourth-order valence-corrected chi connectivity index (χ4v) is 2.09. The molecule has 0 amide bonds. The average Bonchev–Trinajstić information content (AvgIpc) is 3.00. The maximum Gasteiger partial charge on any atom is 0.276 e. The summed E-state index contributed by atoms with van der Waals surface area (Å²) in [5.74, 6) is 1.24. The smallest absolute Gasteiger partial charge is 0.276 e. The summed E-state index contributed by atoms with van der Waals surface area (Å²) in [6, 6.07) is 4.12. The number of nitrogens with one attached hydrogen (secondary N) is 1. The molecule has 0 radical (unpaired) electrons. The lowest BCUT2D eigenvalue weighted by molar-refractivity contribution is 0.411. The molecule has 1 aliphatic heterocycles. The van der Waals surface area contributed by atoms with Crippen molar-refractivity contribution in [3.8, 4) is 11.6 Å². The van der Waals surface area contributed by atoms with E-state index in [2.05, 4.69) is 20.4 Å². The summed E-state index contributed by atoms with van der Waals surface area (Å²) in [4.78, 5) is 8.69. The third-order valence-electron chi connectivity index (χ3n) is 3.03. The number of aromatic nitrogens is 3. The Hall–Kier alpha value is -1.75. The van der Waals surface area contributed by atoms with Crippen molar-refractivity contribution in [2.45, 2.75) is 25.8 Å². The zero-order chi connectivity index (χ0) is 11.7. The molecular formula is C12H14N4O. The van der Waals surface area contributed by atoms with E-state index in [1.807, 2.05) is 19.1 Å². The van der Waals surface area contributed by atoms with E-state index in [1.54, 1.807) is 6.20 Å². The van der Waals surface area contributed by atoms with Crippen LogP contribution in [0.2, 0.25) is 0 Å². The molecule has 1 unspecified atom stereocenters. The number of pyridine rings is 1. The molecule has 0 bridgehead atoms. The highest BCUT2D eigenvalue weighted by Crippen LogP contribution is 2.24. The Morgan fingerprint density at radius 3 is 3.18 bits per heavy atom. The van der Waals surface area contributed by atoms with Crippen LogP contribution >= 0.6 is 0 Å². The van der Waals surface area contributed by atoms with Gasteiger partial charge in [0.2, 0.25) is 0 Å². The van der Waals surface area contributed by atoms with Gasteiger partial charge in [0.25, 0.3) is 5.89 Å². The standard InChI is InChI=1S/C12H14N4O/c1-8-4-2-7-14-10(8)12-15-11(16-17-12)9-5-3-6-13-9/h2,4,7,9,13H,3,5-6H2,1H3. The van der Waals surface area contributed by atoms with Crippen LogP contribution in [0.1, 0.15) is 30.3 Å². The van der Waals surface area contributed by atoms with Crippen molar-refractivity contribution in [2.24, 2.45) is 0 Å². The molecule has 2 aromatic rings. The van der Waals surface area contributed by atoms with E-state index in [0.29, 0.717) is 5.89 Å². The first-order valence-electron chi connectivity index (χ1n) is 5.83. The second-order valence-electron chi connectivity index (χ2n) is 4.28. The van der Waals surface area contributed by atoms with Gasteiger partial charge in [0, 0.05) is 6.20 Å². The first kappa shape index (κ1) is 10.4. The number of aryl methyl sites for hydroxylation is 1.